The van der Waals surface area contributed by atoms with Gasteiger partial charge in [-0.1, -0.05) is 12.1 Å². The first-order chi connectivity index (χ1) is 8.44. The number of nitrogens with zero attached hydrogens (tertiary/aromatic N) is 2. The zero-order valence-corrected chi connectivity index (χ0v) is 9.79. The van der Waals surface area contributed by atoms with Gasteiger partial charge < -0.3 is 4.74 Å². The van der Waals surface area contributed by atoms with Crippen LogP contribution in [0.25, 0.3) is 0 Å². The zero-order valence-electron chi connectivity index (χ0n) is 8.98. The maximum Gasteiger partial charge on any atom is 0.424 e. The lowest BCUT2D eigenvalue weighted by atomic mass is 10.3. The first kappa shape index (κ1) is 12.3. The number of nitro benzene ring substituents is 1. The lowest BCUT2D eigenvalue weighted by Crippen LogP contribution is -2.32. The van der Waals surface area contributed by atoms with E-state index in [1.54, 1.807) is 0 Å². The van der Waals surface area contributed by atoms with Gasteiger partial charge in [-0.05, 0) is 6.07 Å². The zero-order chi connectivity index (χ0) is 13.3. The van der Waals surface area contributed by atoms with Crippen LogP contribution >= 0.6 is 0 Å². The van der Waals surface area contributed by atoms with E-state index in [0.717, 1.165) is 12.1 Å². The van der Waals surface area contributed by atoms with Gasteiger partial charge in [0.05, 0.1) is 11.5 Å². The number of carbonyl (C=O) groups excluding carboxylic acids is 1. The summed E-state index contributed by atoms with van der Waals surface area (Å²) in [4.78, 5) is 20.7. The van der Waals surface area contributed by atoms with Crippen molar-refractivity contribution in [2.75, 3.05) is 13.2 Å². The van der Waals surface area contributed by atoms with Crippen molar-refractivity contribution in [2.24, 2.45) is 0 Å². The number of cyclic esters (lactones) is 1. The Hall–Kier alpha value is -2.16. The Morgan fingerprint density at radius 2 is 2.00 bits per heavy atom. The number of amides is 1. The van der Waals surface area contributed by atoms with E-state index in [-0.39, 0.29) is 13.2 Å². The number of hydrogen-bond donors (Lipinski definition) is 0. The van der Waals surface area contributed by atoms with Crippen molar-refractivity contribution in [1.29, 1.82) is 0 Å². The van der Waals surface area contributed by atoms with Crippen molar-refractivity contribution < 1.29 is 22.9 Å². The van der Waals surface area contributed by atoms with Crippen LogP contribution in [-0.2, 0) is 14.8 Å². The molecular weight excluding hydrogens is 264 g/mol. The van der Waals surface area contributed by atoms with Crippen molar-refractivity contribution in [3.8, 4) is 0 Å². The number of para-hydroxylation sites is 1. The van der Waals surface area contributed by atoms with Crippen molar-refractivity contribution in [1.82, 2.24) is 4.31 Å². The van der Waals surface area contributed by atoms with Gasteiger partial charge in [0.15, 0.2) is 4.90 Å². The fourth-order valence-electron chi connectivity index (χ4n) is 1.54. The monoisotopic (exact) mass is 272 g/mol. The van der Waals surface area contributed by atoms with Crippen LogP contribution in [-0.4, -0.2) is 36.9 Å². The summed E-state index contributed by atoms with van der Waals surface area (Å²) in [5, 5.41) is 10.8. The van der Waals surface area contributed by atoms with Crippen molar-refractivity contribution in [2.45, 2.75) is 4.90 Å². The quantitative estimate of drug-likeness (QED) is 0.593. The van der Waals surface area contributed by atoms with Crippen molar-refractivity contribution in [3.63, 3.8) is 0 Å². The lowest BCUT2D eigenvalue weighted by Gasteiger charge is -2.13. The van der Waals surface area contributed by atoms with Crippen LogP contribution < -0.4 is 0 Å². The largest absolute Gasteiger partial charge is 0.447 e. The van der Waals surface area contributed by atoms with Gasteiger partial charge in [-0.2, -0.15) is 4.31 Å². The minimum atomic E-state index is -4.25. The van der Waals surface area contributed by atoms with E-state index < -0.39 is 31.6 Å². The highest BCUT2D eigenvalue weighted by atomic mass is 32.2. The molecule has 0 spiro atoms. The van der Waals surface area contributed by atoms with Crippen molar-refractivity contribution >= 4 is 21.8 Å². The molecule has 0 atom stereocenters. The molecular formula is C9H8N2O6S. The second kappa shape index (κ2) is 4.26. The molecule has 96 valence electrons. The van der Waals surface area contributed by atoms with E-state index >= 15 is 0 Å². The number of hydrogen-bond acceptors (Lipinski definition) is 6. The van der Waals surface area contributed by atoms with Crippen LogP contribution in [0, 0.1) is 10.1 Å². The van der Waals surface area contributed by atoms with Gasteiger partial charge in [0.25, 0.3) is 15.7 Å². The van der Waals surface area contributed by atoms with Crippen LogP contribution in [0.5, 0.6) is 0 Å². The molecule has 0 aromatic heterocycles. The Morgan fingerprint density at radius 1 is 1.33 bits per heavy atom. The molecule has 0 radical (unpaired) electrons. The summed E-state index contributed by atoms with van der Waals surface area (Å²) in [5.74, 6) is 0. The number of benzene rings is 1. The third-order valence-electron chi connectivity index (χ3n) is 2.35. The molecule has 2 rings (SSSR count). The molecule has 0 bridgehead atoms. The fraction of sp³-hybridized carbons (Fsp3) is 0.222. The van der Waals surface area contributed by atoms with Crippen LogP contribution in [0.2, 0.25) is 0 Å². The number of nitro groups is 1. The highest BCUT2D eigenvalue weighted by Gasteiger charge is 2.38. The average molecular weight is 272 g/mol. The maximum absolute atomic E-state index is 12.1. The fourth-order valence-corrected chi connectivity index (χ4v) is 3.00. The first-order valence-electron chi connectivity index (χ1n) is 4.87. The Labute approximate surface area is 102 Å². The summed E-state index contributed by atoms with van der Waals surface area (Å²) < 4.78 is 29.2. The number of carbonyl (C=O) groups is 1. The van der Waals surface area contributed by atoms with Gasteiger partial charge in [0.1, 0.15) is 6.61 Å². The van der Waals surface area contributed by atoms with Crippen LogP contribution in [0.15, 0.2) is 29.2 Å². The Kier molecular flexibility index (Phi) is 2.91. The van der Waals surface area contributed by atoms with E-state index in [2.05, 4.69) is 4.74 Å². The molecule has 18 heavy (non-hydrogen) atoms. The Bertz CT molecular complexity index is 611. The Morgan fingerprint density at radius 3 is 2.56 bits per heavy atom. The summed E-state index contributed by atoms with van der Waals surface area (Å²) in [6.45, 7) is -0.202. The van der Waals surface area contributed by atoms with Gasteiger partial charge in [0.2, 0.25) is 0 Å². The number of rotatable bonds is 3. The molecule has 1 aliphatic rings. The first-order valence-corrected chi connectivity index (χ1v) is 6.31. The molecule has 8 nitrogen and oxygen atoms in total. The third-order valence-corrected chi connectivity index (χ3v) is 4.17. The van der Waals surface area contributed by atoms with Gasteiger partial charge in [0, 0.05) is 6.07 Å². The van der Waals surface area contributed by atoms with E-state index in [9.17, 15) is 23.3 Å². The number of sulfonamides is 1. The lowest BCUT2D eigenvalue weighted by molar-refractivity contribution is -0.387. The minimum Gasteiger partial charge on any atom is -0.447 e. The summed E-state index contributed by atoms with van der Waals surface area (Å²) in [5.41, 5.74) is -0.572. The molecule has 1 aromatic carbocycles. The summed E-state index contributed by atoms with van der Waals surface area (Å²) >= 11 is 0. The smallest absolute Gasteiger partial charge is 0.424 e. The molecule has 1 amide bonds. The van der Waals surface area contributed by atoms with E-state index in [0.29, 0.717) is 4.31 Å². The minimum absolute atomic E-state index is 0.0569. The molecule has 0 N–H and O–H groups in total. The van der Waals surface area contributed by atoms with Gasteiger partial charge in [-0.25, -0.2) is 13.2 Å². The molecule has 1 fully saturated rings. The average Bonchev–Trinajstić information content (AvgIpc) is 2.76. The number of ether oxygens (including phenoxy) is 1. The topological polar surface area (TPSA) is 107 Å². The van der Waals surface area contributed by atoms with E-state index in [1.807, 2.05) is 0 Å². The third kappa shape index (κ3) is 1.88. The van der Waals surface area contributed by atoms with Crippen molar-refractivity contribution in [3.05, 3.63) is 34.4 Å². The normalized spacial score (nSPS) is 15.6. The molecule has 0 aliphatic carbocycles. The van der Waals surface area contributed by atoms with Crippen LogP contribution in [0.1, 0.15) is 0 Å². The van der Waals surface area contributed by atoms with Gasteiger partial charge in [-0.15, -0.1) is 0 Å². The molecule has 1 saturated heterocycles. The molecule has 1 aromatic rings. The Balaban J connectivity index is 2.54. The summed E-state index contributed by atoms with van der Waals surface area (Å²) in [6.07, 6.45) is -1.02. The van der Waals surface area contributed by atoms with Gasteiger partial charge >= 0.3 is 6.09 Å². The standard InChI is InChI=1S/C9H8N2O6S/c12-9-10(5-6-17-9)18(15,16)8-4-2-1-3-7(8)11(13)14/h1-4H,5-6H2. The van der Waals surface area contributed by atoms with Gasteiger partial charge in [-0.3, -0.25) is 10.1 Å². The molecule has 1 aliphatic heterocycles. The molecule has 0 saturated carbocycles. The SMILES string of the molecule is O=C1OCCN1S(=O)(=O)c1ccccc1[N+](=O)[O-]. The molecule has 9 heteroatoms. The molecule has 1 heterocycles. The predicted molar refractivity (Wildman–Crippen MR) is 58.3 cm³/mol. The second-order valence-electron chi connectivity index (χ2n) is 3.42. The predicted octanol–water partition coefficient (Wildman–Crippen LogP) is 0.736. The highest BCUT2D eigenvalue weighted by molar-refractivity contribution is 7.89. The van der Waals surface area contributed by atoms with Crippen LogP contribution in [0.3, 0.4) is 0 Å². The van der Waals surface area contributed by atoms with Crippen LogP contribution in [0.4, 0.5) is 10.5 Å². The maximum atomic E-state index is 12.1. The summed E-state index contributed by atoms with van der Waals surface area (Å²) in [6, 6.07) is 4.84. The highest BCUT2D eigenvalue weighted by Crippen LogP contribution is 2.27. The molecule has 0 unspecified atom stereocenters. The van der Waals surface area contributed by atoms with E-state index in [1.165, 1.54) is 12.1 Å². The summed E-state index contributed by atoms with van der Waals surface area (Å²) in [7, 11) is -4.25. The second-order valence-corrected chi connectivity index (χ2v) is 5.25. The van der Waals surface area contributed by atoms with E-state index in [4.69, 9.17) is 0 Å².